The highest BCUT2D eigenvalue weighted by atomic mass is 16.3. The maximum atomic E-state index is 12.4. The fourth-order valence-corrected chi connectivity index (χ4v) is 3.12. The first kappa shape index (κ1) is 18.7. The summed E-state index contributed by atoms with van der Waals surface area (Å²) in [5, 5.41) is 5.45. The molecular formula is C20H23N3O4. The van der Waals surface area contributed by atoms with Gasteiger partial charge in [-0.2, -0.15) is 0 Å². The van der Waals surface area contributed by atoms with E-state index in [0.29, 0.717) is 31.6 Å². The molecule has 0 spiro atoms. The normalized spacial score (nSPS) is 16.6. The highest BCUT2D eigenvalue weighted by molar-refractivity contribution is 5.94. The molecule has 3 rings (SSSR count). The van der Waals surface area contributed by atoms with Crippen molar-refractivity contribution in [2.45, 2.75) is 19.4 Å². The minimum absolute atomic E-state index is 0.0716. The summed E-state index contributed by atoms with van der Waals surface area (Å²) in [5.41, 5.74) is 1.48. The molecule has 2 heterocycles. The Bertz CT molecular complexity index is 774. The second-order valence-corrected chi connectivity index (χ2v) is 6.58. The van der Waals surface area contributed by atoms with Crippen LogP contribution in [-0.4, -0.2) is 42.3 Å². The first-order chi connectivity index (χ1) is 13.1. The first-order valence-electron chi connectivity index (χ1n) is 9.03. The Hall–Kier alpha value is -3.09. The van der Waals surface area contributed by atoms with Gasteiger partial charge in [-0.3, -0.25) is 14.4 Å². The summed E-state index contributed by atoms with van der Waals surface area (Å²) in [5.74, 6) is -0.887. The number of benzene rings is 1. The summed E-state index contributed by atoms with van der Waals surface area (Å²) in [6, 6.07) is 11.2. The second-order valence-electron chi connectivity index (χ2n) is 6.58. The van der Waals surface area contributed by atoms with Crippen LogP contribution >= 0.6 is 0 Å². The SMILES string of the molecule is O=C(CNC(=O)C1CCCN(C(=O)c2ccoc2)C1)NCc1ccccc1. The van der Waals surface area contributed by atoms with E-state index in [-0.39, 0.29) is 30.2 Å². The molecule has 1 aliphatic rings. The van der Waals surface area contributed by atoms with Crippen molar-refractivity contribution in [2.24, 2.45) is 5.92 Å². The third-order valence-electron chi connectivity index (χ3n) is 4.60. The van der Waals surface area contributed by atoms with E-state index in [0.717, 1.165) is 12.0 Å². The fraction of sp³-hybridized carbons (Fsp3) is 0.350. The summed E-state index contributed by atoms with van der Waals surface area (Å²) >= 11 is 0. The van der Waals surface area contributed by atoms with Gasteiger partial charge in [0.05, 0.1) is 24.3 Å². The smallest absolute Gasteiger partial charge is 0.257 e. The van der Waals surface area contributed by atoms with E-state index in [2.05, 4.69) is 10.6 Å². The second kappa shape index (κ2) is 9.02. The van der Waals surface area contributed by atoms with Crippen molar-refractivity contribution in [3.05, 3.63) is 60.1 Å². The summed E-state index contributed by atoms with van der Waals surface area (Å²) in [4.78, 5) is 38.4. The van der Waals surface area contributed by atoms with Crippen molar-refractivity contribution >= 4 is 17.7 Å². The zero-order valence-corrected chi connectivity index (χ0v) is 15.0. The molecular weight excluding hydrogens is 346 g/mol. The summed E-state index contributed by atoms with van der Waals surface area (Å²) < 4.78 is 4.95. The van der Waals surface area contributed by atoms with Gasteiger partial charge < -0.3 is 20.0 Å². The average molecular weight is 369 g/mol. The molecule has 142 valence electrons. The molecule has 27 heavy (non-hydrogen) atoms. The van der Waals surface area contributed by atoms with E-state index in [4.69, 9.17) is 4.42 Å². The van der Waals surface area contributed by atoms with Crippen LogP contribution in [0.15, 0.2) is 53.3 Å². The van der Waals surface area contributed by atoms with Gasteiger partial charge in [-0.15, -0.1) is 0 Å². The lowest BCUT2D eigenvalue weighted by atomic mass is 9.96. The van der Waals surface area contributed by atoms with Gasteiger partial charge in [0.15, 0.2) is 0 Å². The Morgan fingerprint density at radius 1 is 1.11 bits per heavy atom. The first-order valence-corrected chi connectivity index (χ1v) is 9.03. The summed E-state index contributed by atoms with van der Waals surface area (Å²) in [6.45, 7) is 1.32. The molecule has 2 N–H and O–H groups in total. The number of carbonyl (C=O) groups excluding carboxylic acids is 3. The lowest BCUT2D eigenvalue weighted by molar-refractivity contribution is -0.129. The van der Waals surface area contributed by atoms with Gasteiger partial charge >= 0.3 is 0 Å². The van der Waals surface area contributed by atoms with Crippen LogP contribution in [0.3, 0.4) is 0 Å². The highest BCUT2D eigenvalue weighted by Gasteiger charge is 2.29. The summed E-state index contributed by atoms with van der Waals surface area (Å²) in [6.07, 6.45) is 4.31. The topological polar surface area (TPSA) is 91.7 Å². The van der Waals surface area contributed by atoms with Crippen LogP contribution in [0.2, 0.25) is 0 Å². The predicted octanol–water partition coefficient (Wildman–Crippen LogP) is 1.56. The Balaban J connectivity index is 1.43. The molecule has 1 aromatic heterocycles. The number of amides is 3. The van der Waals surface area contributed by atoms with Crippen molar-refractivity contribution in [3.8, 4) is 0 Å². The van der Waals surface area contributed by atoms with Crippen LogP contribution in [0.1, 0.15) is 28.8 Å². The van der Waals surface area contributed by atoms with Crippen LogP contribution in [0.5, 0.6) is 0 Å². The molecule has 0 aliphatic carbocycles. The van der Waals surface area contributed by atoms with Crippen LogP contribution < -0.4 is 10.6 Å². The maximum absolute atomic E-state index is 12.4. The lowest BCUT2D eigenvalue weighted by Crippen LogP contribution is -2.47. The molecule has 1 atom stereocenters. The molecule has 0 saturated carbocycles. The highest BCUT2D eigenvalue weighted by Crippen LogP contribution is 2.19. The van der Waals surface area contributed by atoms with Gasteiger partial charge in [0.2, 0.25) is 11.8 Å². The fourth-order valence-electron chi connectivity index (χ4n) is 3.12. The molecule has 2 aromatic rings. The van der Waals surface area contributed by atoms with Gasteiger partial charge in [0, 0.05) is 19.6 Å². The zero-order chi connectivity index (χ0) is 19.1. The number of hydrogen-bond donors (Lipinski definition) is 2. The van der Waals surface area contributed by atoms with Gasteiger partial charge in [0.25, 0.3) is 5.91 Å². The average Bonchev–Trinajstić information content (AvgIpc) is 3.25. The van der Waals surface area contributed by atoms with Crippen LogP contribution in [0.25, 0.3) is 0 Å². The molecule has 1 unspecified atom stereocenters. The molecule has 7 nitrogen and oxygen atoms in total. The van der Waals surface area contributed by atoms with Crippen molar-refractivity contribution in [2.75, 3.05) is 19.6 Å². The number of furan rings is 1. The van der Waals surface area contributed by atoms with Crippen molar-refractivity contribution in [3.63, 3.8) is 0 Å². The van der Waals surface area contributed by atoms with Gasteiger partial charge in [0.1, 0.15) is 6.26 Å². The van der Waals surface area contributed by atoms with E-state index in [9.17, 15) is 14.4 Å². The zero-order valence-electron chi connectivity index (χ0n) is 15.0. The van der Waals surface area contributed by atoms with E-state index in [1.807, 2.05) is 30.3 Å². The van der Waals surface area contributed by atoms with Crippen LogP contribution in [-0.2, 0) is 16.1 Å². The van der Waals surface area contributed by atoms with Crippen molar-refractivity contribution in [1.82, 2.24) is 15.5 Å². The molecule has 1 aliphatic heterocycles. The quantitative estimate of drug-likeness (QED) is 0.808. The number of likely N-dealkylation sites (tertiary alicyclic amines) is 1. The molecule has 1 saturated heterocycles. The standard InChI is InChI=1S/C20H23N3O4/c24-18(21-11-15-5-2-1-3-6-15)12-22-19(25)16-7-4-9-23(13-16)20(26)17-8-10-27-14-17/h1-3,5-6,8,10,14,16H,4,7,9,11-13H2,(H,21,24)(H,22,25). The number of nitrogens with zero attached hydrogens (tertiary/aromatic N) is 1. The third-order valence-corrected chi connectivity index (χ3v) is 4.60. The molecule has 1 fully saturated rings. The van der Waals surface area contributed by atoms with Gasteiger partial charge in [-0.05, 0) is 24.5 Å². The monoisotopic (exact) mass is 369 g/mol. The molecule has 1 aromatic carbocycles. The Labute approximate surface area is 157 Å². The van der Waals surface area contributed by atoms with E-state index in [1.54, 1.807) is 11.0 Å². The van der Waals surface area contributed by atoms with Crippen molar-refractivity contribution in [1.29, 1.82) is 0 Å². The van der Waals surface area contributed by atoms with Gasteiger partial charge in [-0.1, -0.05) is 30.3 Å². The number of hydrogen-bond acceptors (Lipinski definition) is 4. The number of nitrogens with one attached hydrogen (secondary N) is 2. The molecule has 3 amide bonds. The predicted molar refractivity (Wildman–Crippen MR) is 98.6 cm³/mol. The minimum atomic E-state index is -0.309. The Morgan fingerprint density at radius 2 is 1.93 bits per heavy atom. The number of piperidine rings is 1. The number of rotatable bonds is 6. The summed E-state index contributed by atoms with van der Waals surface area (Å²) in [7, 11) is 0. The third kappa shape index (κ3) is 5.20. The molecule has 7 heteroatoms. The van der Waals surface area contributed by atoms with E-state index < -0.39 is 0 Å². The Morgan fingerprint density at radius 3 is 2.67 bits per heavy atom. The number of carbonyl (C=O) groups is 3. The van der Waals surface area contributed by atoms with Crippen molar-refractivity contribution < 1.29 is 18.8 Å². The lowest BCUT2D eigenvalue weighted by Gasteiger charge is -2.31. The van der Waals surface area contributed by atoms with Crippen LogP contribution in [0, 0.1) is 5.92 Å². The molecule has 0 radical (unpaired) electrons. The van der Waals surface area contributed by atoms with E-state index >= 15 is 0 Å². The van der Waals surface area contributed by atoms with E-state index in [1.165, 1.54) is 12.5 Å². The van der Waals surface area contributed by atoms with Gasteiger partial charge in [-0.25, -0.2) is 0 Å². The Kier molecular flexibility index (Phi) is 6.25. The largest absolute Gasteiger partial charge is 0.472 e. The maximum Gasteiger partial charge on any atom is 0.257 e. The van der Waals surface area contributed by atoms with Crippen LogP contribution in [0.4, 0.5) is 0 Å². The minimum Gasteiger partial charge on any atom is -0.472 e. The molecule has 0 bridgehead atoms.